The molecule has 0 radical (unpaired) electrons. The first-order valence-corrected chi connectivity index (χ1v) is 7.16. The molecule has 0 atom stereocenters. The first-order valence-electron chi connectivity index (χ1n) is 6.36. The van der Waals surface area contributed by atoms with Crippen LogP contribution in [0.3, 0.4) is 0 Å². The van der Waals surface area contributed by atoms with Gasteiger partial charge in [0.25, 0.3) is 5.69 Å². The topological polar surface area (TPSA) is 75.8 Å². The second-order valence-electron chi connectivity index (χ2n) is 5.08. The van der Waals surface area contributed by atoms with Gasteiger partial charge < -0.3 is 14.7 Å². The fraction of sp³-hybridized carbons (Fsp3) is 0.538. The number of hydrogen-bond acceptors (Lipinski definition) is 5. The van der Waals surface area contributed by atoms with Crippen molar-refractivity contribution in [3.05, 3.63) is 32.8 Å². The van der Waals surface area contributed by atoms with Gasteiger partial charge in [-0.25, -0.2) is 0 Å². The van der Waals surface area contributed by atoms with E-state index in [0.717, 1.165) is 0 Å². The molecule has 1 aliphatic rings. The van der Waals surface area contributed by atoms with E-state index in [-0.39, 0.29) is 5.69 Å². The molecule has 0 bridgehead atoms. The van der Waals surface area contributed by atoms with Crippen LogP contribution >= 0.6 is 15.9 Å². The van der Waals surface area contributed by atoms with Gasteiger partial charge in [-0.15, -0.1) is 0 Å². The number of ether oxygens (including phenoxy) is 1. The molecule has 110 valence electrons. The molecule has 1 saturated heterocycles. The Balaban J connectivity index is 2.20. The number of hydrogen-bond donors (Lipinski definition) is 1. The van der Waals surface area contributed by atoms with Gasteiger partial charge in [-0.3, -0.25) is 10.1 Å². The summed E-state index contributed by atoms with van der Waals surface area (Å²) in [6, 6.07) is 4.91. The molecule has 0 aromatic heterocycles. The maximum Gasteiger partial charge on any atom is 0.293 e. The van der Waals surface area contributed by atoms with E-state index in [1.165, 1.54) is 6.07 Å². The average Bonchev–Trinajstić information content (AvgIpc) is 2.38. The average molecular weight is 345 g/mol. The largest absolute Gasteiger partial charge is 0.388 e. The molecular formula is C13H17BrN2O4. The molecule has 1 fully saturated rings. The van der Waals surface area contributed by atoms with Crippen molar-refractivity contribution in [1.82, 2.24) is 0 Å². The molecule has 1 heterocycles. The molecule has 0 unspecified atom stereocenters. The Hall–Kier alpha value is -1.18. The van der Waals surface area contributed by atoms with E-state index in [4.69, 9.17) is 4.74 Å². The Morgan fingerprint density at radius 2 is 2.15 bits per heavy atom. The normalized spacial score (nSPS) is 17.8. The highest BCUT2D eigenvalue weighted by atomic mass is 79.9. The molecule has 6 nitrogen and oxygen atoms in total. The van der Waals surface area contributed by atoms with Gasteiger partial charge in [-0.05, 0) is 12.1 Å². The molecule has 1 aromatic rings. The maximum atomic E-state index is 11.1. The van der Waals surface area contributed by atoms with Gasteiger partial charge in [0.2, 0.25) is 0 Å². The summed E-state index contributed by atoms with van der Waals surface area (Å²) in [4.78, 5) is 12.4. The fourth-order valence-electron chi connectivity index (χ4n) is 2.40. The third-order valence-electron chi connectivity index (χ3n) is 3.50. The molecule has 1 N–H and O–H groups in total. The summed E-state index contributed by atoms with van der Waals surface area (Å²) >= 11 is 3.23. The maximum absolute atomic E-state index is 11.1. The summed E-state index contributed by atoms with van der Waals surface area (Å²) in [5.41, 5.74) is -0.329. The van der Waals surface area contributed by atoms with Crippen molar-refractivity contribution >= 4 is 27.3 Å². The summed E-state index contributed by atoms with van der Waals surface area (Å²) in [5.74, 6) is 0. The third-order valence-corrected chi connectivity index (χ3v) is 3.99. The van der Waals surface area contributed by atoms with E-state index in [2.05, 4.69) is 15.9 Å². The van der Waals surface area contributed by atoms with E-state index < -0.39 is 10.5 Å². The lowest BCUT2D eigenvalue weighted by Crippen LogP contribution is -2.45. The number of aliphatic hydroxyl groups is 1. The van der Waals surface area contributed by atoms with Crippen LogP contribution < -0.4 is 4.90 Å². The van der Waals surface area contributed by atoms with Crippen molar-refractivity contribution in [3.63, 3.8) is 0 Å². The molecule has 1 aliphatic heterocycles. The van der Waals surface area contributed by atoms with E-state index in [1.807, 2.05) is 0 Å². The van der Waals surface area contributed by atoms with Gasteiger partial charge in [0, 0.05) is 50.2 Å². The number of rotatable bonds is 4. The zero-order valence-corrected chi connectivity index (χ0v) is 12.8. The highest BCUT2D eigenvalue weighted by Crippen LogP contribution is 2.32. The second-order valence-corrected chi connectivity index (χ2v) is 6.00. The Bertz CT molecular complexity index is 503. The standard InChI is InChI=1S/C13H17BrN2O4/c1-15(9-13(17)4-6-20-7-5-13)11-3-2-10(14)8-12(11)16(18)19/h2-3,8,17H,4-7,9H2,1H3. The monoisotopic (exact) mass is 344 g/mol. The summed E-state index contributed by atoms with van der Waals surface area (Å²) in [7, 11) is 1.75. The second kappa shape index (κ2) is 6.07. The van der Waals surface area contributed by atoms with Crippen molar-refractivity contribution in [3.8, 4) is 0 Å². The van der Waals surface area contributed by atoms with E-state index in [0.29, 0.717) is 42.8 Å². The minimum absolute atomic E-state index is 0.0255. The van der Waals surface area contributed by atoms with Crippen LogP contribution in [0.1, 0.15) is 12.8 Å². The molecule has 7 heteroatoms. The Kier molecular flexibility index (Phi) is 4.62. The molecule has 2 rings (SSSR count). The molecule has 20 heavy (non-hydrogen) atoms. The minimum atomic E-state index is -0.853. The first-order chi connectivity index (χ1) is 9.41. The van der Waals surface area contributed by atoms with Crippen LogP contribution in [0, 0.1) is 10.1 Å². The summed E-state index contributed by atoms with van der Waals surface area (Å²) in [5, 5.41) is 21.6. The quantitative estimate of drug-likeness (QED) is 0.670. The number of nitrogens with zero attached hydrogens (tertiary/aromatic N) is 2. The lowest BCUT2D eigenvalue weighted by Gasteiger charge is -2.36. The predicted molar refractivity (Wildman–Crippen MR) is 79.1 cm³/mol. The Labute approximate surface area is 125 Å². The SMILES string of the molecule is CN(CC1(O)CCOCC1)c1ccc(Br)cc1[N+](=O)[O-]. The van der Waals surface area contributed by atoms with Gasteiger partial charge in [0.05, 0.1) is 10.5 Å². The van der Waals surface area contributed by atoms with Crippen molar-refractivity contribution in [2.24, 2.45) is 0 Å². The van der Waals surface area contributed by atoms with Crippen LogP contribution in [0.2, 0.25) is 0 Å². The number of nitro groups is 1. The highest BCUT2D eigenvalue weighted by molar-refractivity contribution is 9.10. The van der Waals surface area contributed by atoms with Crippen LogP contribution in [0.4, 0.5) is 11.4 Å². The van der Waals surface area contributed by atoms with Gasteiger partial charge >= 0.3 is 0 Å². The van der Waals surface area contributed by atoms with Crippen molar-refractivity contribution in [2.75, 3.05) is 31.7 Å². The zero-order valence-electron chi connectivity index (χ0n) is 11.2. The number of likely N-dealkylation sites (N-methyl/N-ethyl adjacent to an activating group) is 1. The third kappa shape index (κ3) is 3.47. The first kappa shape index (κ1) is 15.2. The van der Waals surface area contributed by atoms with Crippen LogP contribution in [0.15, 0.2) is 22.7 Å². The summed E-state index contributed by atoms with van der Waals surface area (Å²) in [6.07, 6.45) is 1.09. The molecule has 0 amide bonds. The van der Waals surface area contributed by atoms with Gasteiger partial charge in [-0.2, -0.15) is 0 Å². The van der Waals surface area contributed by atoms with Crippen molar-refractivity contribution < 1.29 is 14.8 Å². The van der Waals surface area contributed by atoms with Gasteiger partial charge in [0.1, 0.15) is 5.69 Å². The lowest BCUT2D eigenvalue weighted by molar-refractivity contribution is -0.384. The van der Waals surface area contributed by atoms with Crippen molar-refractivity contribution in [2.45, 2.75) is 18.4 Å². The predicted octanol–water partition coefficient (Wildman–Crippen LogP) is 2.33. The van der Waals surface area contributed by atoms with E-state index in [9.17, 15) is 15.2 Å². The van der Waals surface area contributed by atoms with Crippen LogP contribution in [0.25, 0.3) is 0 Å². The van der Waals surface area contributed by atoms with Gasteiger partial charge in [0.15, 0.2) is 0 Å². The highest BCUT2D eigenvalue weighted by Gasteiger charge is 2.32. The number of halogens is 1. The minimum Gasteiger partial charge on any atom is -0.388 e. The van der Waals surface area contributed by atoms with E-state index >= 15 is 0 Å². The molecular weight excluding hydrogens is 328 g/mol. The van der Waals surface area contributed by atoms with Crippen molar-refractivity contribution in [1.29, 1.82) is 0 Å². The Morgan fingerprint density at radius 1 is 1.50 bits per heavy atom. The van der Waals surface area contributed by atoms with Crippen LogP contribution in [0.5, 0.6) is 0 Å². The van der Waals surface area contributed by atoms with Crippen LogP contribution in [-0.2, 0) is 4.74 Å². The number of benzene rings is 1. The molecule has 0 aliphatic carbocycles. The van der Waals surface area contributed by atoms with Gasteiger partial charge in [-0.1, -0.05) is 15.9 Å². The van der Waals surface area contributed by atoms with E-state index in [1.54, 1.807) is 24.1 Å². The molecule has 0 spiro atoms. The Morgan fingerprint density at radius 3 is 2.75 bits per heavy atom. The molecule has 1 aromatic carbocycles. The fourth-order valence-corrected chi connectivity index (χ4v) is 2.75. The zero-order chi connectivity index (χ0) is 14.8. The van der Waals surface area contributed by atoms with Crippen LogP contribution in [-0.4, -0.2) is 42.4 Å². The number of nitro benzene ring substituents is 1. The molecule has 0 saturated carbocycles. The smallest absolute Gasteiger partial charge is 0.293 e. The number of anilines is 1. The lowest BCUT2D eigenvalue weighted by atomic mass is 9.93. The summed E-state index contributed by atoms with van der Waals surface area (Å²) in [6.45, 7) is 1.39. The summed E-state index contributed by atoms with van der Waals surface area (Å²) < 4.78 is 5.90.